The highest BCUT2D eigenvalue weighted by molar-refractivity contribution is 5.39. The Morgan fingerprint density at radius 3 is 2.90 bits per heavy atom. The molecule has 0 saturated heterocycles. The van der Waals surface area contributed by atoms with Crippen LogP contribution in [-0.2, 0) is 13.0 Å². The van der Waals surface area contributed by atoms with Crippen molar-refractivity contribution in [3.8, 4) is 6.07 Å². The summed E-state index contributed by atoms with van der Waals surface area (Å²) in [5.41, 5.74) is 1.49. The highest BCUT2D eigenvalue weighted by Gasteiger charge is 2.07. The minimum Gasteiger partial charge on any atom is -0.355 e. The molecule has 1 N–H and O–H groups in total. The maximum Gasteiger partial charge on any atom is 0.252 e. The van der Waals surface area contributed by atoms with Crippen molar-refractivity contribution in [3.63, 3.8) is 0 Å². The lowest BCUT2D eigenvalue weighted by molar-refractivity contribution is 0.849. The first-order valence-corrected chi connectivity index (χ1v) is 6.42. The van der Waals surface area contributed by atoms with Gasteiger partial charge in [-0.1, -0.05) is 19.1 Å². The van der Waals surface area contributed by atoms with Gasteiger partial charge in [0, 0.05) is 26.1 Å². The van der Waals surface area contributed by atoms with Crippen LogP contribution in [0.3, 0.4) is 0 Å². The molecule has 5 heteroatoms. The Labute approximate surface area is 117 Å². The summed E-state index contributed by atoms with van der Waals surface area (Å²) in [5.74, 6) is 1.30. The fourth-order valence-corrected chi connectivity index (χ4v) is 1.95. The highest BCUT2D eigenvalue weighted by Crippen LogP contribution is 2.12. The van der Waals surface area contributed by atoms with Gasteiger partial charge in [-0.05, 0) is 17.7 Å². The number of aryl methyl sites for hydroxylation is 1. The van der Waals surface area contributed by atoms with Gasteiger partial charge >= 0.3 is 0 Å². The van der Waals surface area contributed by atoms with E-state index < -0.39 is 0 Å². The third-order valence-electron chi connectivity index (χ3n) is 2.98. The Morgan fingerprint density at radius 1 is 1.40 bits per heavy atom. The molecule has 0 amide bonds. The van der Waals surface area contributed by atoms with Crippen molar-refractivity contribution >= 4 is 5.82 Å². The van der Waals surface area contributed by atoms with Crippen LogP contribution in [0.1, 0.15) is 23.9 Å². The van der Waals surface area contributed by atoms with E-state index in [4.69, 9.17) is 5.26 Å². The number of rotatable bonds is 4. The molecule has 20 heavy (non-hydrogen) atoms. The summed E-state index contributed by atoms with van der Waals surface area (Å²) in [7, 11) is 1.88. The summed E-state index contributed by atoms with van der Waals surface area (Å²) >= 11 is 0. The maximum atomic E-state index is 11.6. The molecule has 0 bridgehead atoms. The summed E-state index contributed by atoms with van der Waals surface area (Å²) in [6.45, 7) is 2.54. The second kappa shape index (κ2) is 6.02. The monoisotopic (exact) mass is 268 g/mol. The van der Waals surface area contributed by atoms with Crippen LogP contribution in [0.4, 0.5) is 5.82 Å². The molecule has 1 aromatic carbocycles. The predicted molar refractivity (Wildman–Crippen MR) is 77.5 cm³/mol. The number of H-pyrrole nitrogens is 1. The van der Waals surface area contributed by atoms with Crippen LogP contribution in [0.2, 0.25) is 0 Å². The van der Waals surface area contributed by atoms with Crippen molar-refractivity contribution in [1.82, 2.24) is 9.97 Å². The Balaban J connectivity index is 2.23. The summed E-state index contributed by atoms with van der Waals surface area (Å²) < 4.78 is 0. The standard InChI is InChI=1S/C15H16N4O/c1-3-13-17-14(8-15(20)18-13)19(2)10-12-6-4-5-11(7-12)9-16/h4-8H,3,10H2,1-2H3,(H,17,18,20). The van der Waals surface area contributed by atoms with Crippen LogP contribution in [0.25, 0.3) is 0 Å². The van der Waals surface area contributed by atoms with E-state index in [1.165, 1.54) is 6.07 Å². The SMILES string of the molecule is CCc1nc(N(C)Cc2cccc(C#N)c2)cc(=O)[nH]1. The minimum atomic E-state index is -0.149. The van der Waals surface area contributed by atoms with Crippen molar-refractivity contribution < 1.29 is 0 Å². The van der Waals surface area contributed by atoms with E-state index in [9.17, 15) is 4.79 Å². The Hall–Kier alpha value is -2.61. The molecule has 0 saturated carbocycles. The fraction of sp³-hybridized carbons (Fsp3) is 0.267. The smallest absolute Gasteiger partial charge is 0.252 e. The molecule has 0 unspecified atom stereocenters. The van der Waals surface area contributed by atoms with Crippen LogP contribution in [-0.4, -0.2) is 17.0 Å². The number of hydrogen-bond acceptors (Lipinski definition) is 4. The van der Waals surface area contributed by atoms with Gasteiger partial charge in [0.15, 0.2) is 0 Å². The van der Waals surface area contributed by atoms with E-state index in [1.54, 1.807) is 6.07 Å². The average molecular weight is 268 g/mol. The van der Waals surface area contributed by atoms with E-state index in [-0.39, 0.29) is 5.56 Å². The third-order valence-corrected chi connectivity index (χ3v) is 2.98. The number of nitriles is 1. The second-order valence-electron chi connectivity index (χ2n) is 4.57. The Bertz CT molecular complexity index is 700. The molecule has 0 spiro atoms. The van der Waals surface area contributed by atoms with Gasteiger partial charge in [-0.2, -0.15) is 5.26 Å². The molecule has 2 aromatic rings. The largest absolute Gasteiger partial charge is 0.355 e. The number of aromatic amines is 1. The number of anilines is 1. The van der Waals surface area contributed by atoms with Gasteiger partial charge in [-0.15, -0.1) is 0 Å². The number of aromatic nitrogens is 2. The van der Waals surface area contributed by atoms with E-state index in [0.717, 1.165) is 5.56 Å². The first kappa shape index (κ1) is 13.8. The molecule has 0 radical (unpaired) electrons. The minimum absolute atomic E-state index is 0.149. The zero-order chi connectivity index (χ0) is 14.5. The van der Waals surface area contributed by atoms with Crippen molar-refractivity contribution in [1.29, 1.82) is 5.26 Å². The predicted octanol–water partition coefficient (Wildman–Crippen LogP) is 1.84. The zero-order valence-corrected chi connectivity index (χ0v) is 11.6. The summed E-state index contributed by atoms with van der Waals surface area (Å²) in [6.07, 6.45) is 0.681. The fourth-order valence-electron chi connectivity index (χ4n) is 1.95. The zero-order valence-electron chi connectivity index (χ0n) is 11.6. The lowest BCUT2D eigenvalue weighted by atomic mass is 10.1. The molecule has 0 aliphatic carbocycles. The molecule has 1 heterocycles. The third kappa shape index (κ3) is 3.23. The van der Waals surface area contributed by atoms with Crippen molar-refractivity contribution in [2.24, 2.45) is 0 Å². The normalized spacial score (nSPS) is 10.1. The number of nitrogens with one attached hydrogen (secondary N) is 1. The summed E-state index contributed by atoms with van der Waals surface area (Å²) in [5, 5.41) is 8.90. The first-order chi connectivity index (χ1) is 9.62. The number of benzene rings is 1. The van der Waals surface area contributed by atoms with Crippen LogP contribution in [0.5, 0.6) is 0 Å². The molecular formula is C15H16N4O. The van der Waals surface area contributed by atoms with E-state index in [2.05, 4.69) is 16.0 Å². The van der Waals surface area contributed by atoms with Crippen molar-refractivity contribution in [3.05, 3.63) is 57.6 Å². The molecule has 5 nitrogen and oxygen atoms in total. The quantitative estimate of drug-likeness (QED) is 0.918. The Morgan fingerprint density at radius 2 is 2.20 bits per heavy atom. The molecule has 2 rings (SSSR count). The van der Waals surface area contributed by atoms with Gasteiger partial charge in [-0.25, -0.2) is 4.98 Å². The molecule has 0 atom stereocenters. The van der Waals surface area contributed by atoms with Gasteiger partial charge in [0.2, 0.25) is 0 Å². The molecule has 0 fully saturated rings. The first-order valence-electron chi connectivity index (χ1n) is 6.42. The van der Waals surface area contributed by atoms with Crippen LogP contribution in [0.15, 0.2) is 35.1 Å². The van der Waals surface area contributed by atoms with Crippen LogP contribution in [0, 0.1) is 11.3 Å². The average Bonchev–Trinajstić information content (AvgIpc) is 2.46. The summed E-state index contributed by atoms with van der Waals surface area (Å²) in [6, 6.07) is 11.0. The van der Waals surface area contributed by atoms with Gasteiger partial charge < -0.3 is 9.88 Å². The molecule has 102 valence electrons. The van der Waals surface area contributed by atoms with Gasteiger partial charge in [0.25, 0.3) is 5.56 Å². The number of hydrogen-bond donors (Lipinski definition) is 1. The van der Waals surface area contributed by atoms with Gasteiger partial charge in [-0.3, -0.25) is 4.79 Å². The van der Waals surface area contributed by atoms with Crippen molar-refractivity contribution in [2.45, 2.75) is 19.9 Å². The van der Waals surface area contributed by atoms with E-state index >= 15 is 0 Å². The molecule has 0 aliphatic heterocycles. The summed E-state index contributed by atoms with van der Waals surface area (Å²) in [4.78, 5) is 20.5. The van der Waals surface area contributed by atoms with Gasteiger partial charge in [0.1, 0.15) is 11.6 Å². The maximum absolute atomic E-state index is 11.6. The Kier molecular flexibility index (Phi) is 4.16. The van der Waals surface area contributed by atoms with E-state index in [0.29, 0.717) is 30.2 Å². The van der Waals surface area contributed by atoms with Crippen LogP contribution >= 0.6 is 0 Å². The van der Waals surface area contributed by atoms with Crippen LogP contribution < -0.4 is 10.5 Å². The molecular weight excluding hydrogens is 252 g/mol. The lowest BCUT2D eigenvalue weighted by Crippen LogP contribution is -2.22. The van der Waals surface area contributed by atoms with Crippen molar-refractivity contribution in [2.75, 3.05) is 11.9 Å². The highest BCUT2D eigenvalue weighted by atomic mass is 16.1. The lowest BCUT2D eigenvalue weighted by Gasteiger charge is -2.18. The van der Waals surface area contributed by atoms with E-state index in [1.807, 2.05) is 37.1 Å². The van der Waals surface area contributed by atoms with Gasteiger partial charge in [0.05, 0.1) is 11.6 Å². The molecule has 1 aromatic heterocycles. The molecule has 0 aliphatic rings. The topological polar surface area (TPSA) is 72.8 Å². The number of nitrogens with zero attached hydrogens (tertiary/aromatic N) is 3. The second-order valence-corrected chi connectivity index (χ2v) is 4.57.